The minimum atomic E-state index is -0.300. The molecule has 1 aromatic heterocycles. The average molecular weight is 560 g/mol. The van der Waals surface area contributed by atoms with E-state index in [9.17, 15) is 4.79 Å². The van der Waals surface area contributed by atoms with Crippen LogP contribution in [-0.4, -0.2) is 54.0 Å². The molecule has 9 nitrogen and oxygen atoms in total. The van der Waals surface area contributed by atoms with Crippen molar-refractivity contribution < 1.29 is 19.0 Å². The molecular weight excluding hydrogens is 526 g/mol. The maximum absolute atomic E-state index is 12.7. The molecule has 1 N–H and O–H groups in total. The summed E-state index contributed by atoms with van der Waals surface area (Å²) < 4.78 is 18.1. The third-order valence-corrected chi connectivity index (χ3v) is 7.05. The van der Waals surface area contributed by atoms with Gasteiger partial charge in [-0.1, -0.05) is 75.0 Å². The number of hydrazone groups is 1. The Bertz CT molecular complexity index is 1450. The molecule has 0 aliphatic heterocycles. The van der Waals surface area contributed by atoms with E-state index in [2.05, 4.69) is 65.8 Å². The van der Waals surface area contributed by atoms with Crippen LogP contribution in [-0.2, 0) is 10.2 Å². The summed E-state index contributed by atoms with van der Waals surface area (Å²) >= 11 is 1.28. The zero-order valence-corrected chi connectivity index (χ0v) is 24.3. The predicted molar refractivity (Wildman–Crippen MR) is 158 cm³/mol. The van der Waals surface area contributed by atoms with Crippen molar-refractivity contribution in [3.8, 4) is 34.3 Å². The van der Waals surface area contributed by atoms with Gasteiger partial charge in [0.15, 0.2) is 11.0 Å². The molecule has 40 heavy (non-hydrogen) atoms. The van der Waals surface area contributed by atoms with E-state index in [-0.39, 0.29) is 17.1 Å². The van der Waals surface area contributed by atoms with E-state index >= 15 is 0 Å². The molecule has 0 bridgehead atoms. The van der Waals surface area contributed by atoms with Gasteiger partial charge in [-0.2, -0.15) is 5.10 Å². The molecular formula is C30H33N5O4S. The number of nitrogens with one attached hydrogen (secondary N) is 1. The molecule has 4 aromatic rings. The summed E-state index contributed by atoms with van der Waals surface area (Å²) in [6, 6.07) is 21.6. The fourth-order valence-electron chi connectivity index (χ4n) is 3.97. The third kappa shape index (κ3) is 6.63. The Morgan fingerprint density at radius 2 is 1.60 bits per heavy atom. The summed E-state index contributed by atoms with van der Waals surface area (Å²) in [6.45, 7) is 6.55. The Balaban J connectivity index is 1.52. The van der Waals surface area contributed by atoms with Gasteiger partial charge in [0.25, 0.3) is 5.91 Å². The van der Waals surface area contributed by atoms with Crippen LogP contribution in [0.1, 0.15) is 31.9 Å². The highest BCUT2D eigenvalue weighted by Crippen LogP contribution is 2.33. The zero-order valence-electron chi connectivity index (χ0n) is 23.5. The van der Waals surface area contributed by atoms with E-state index in [0.717, 1.165) is 11.3 Å². The Morgan fingerprint density at radius 3 is 2.17 bits per heavy atom. The highest BCUT2D eigenvalue weighted by molar-refractivity contribution is 7.99. The second kappa shape index (κ2) is 12.7. The number of nitrogens with zero attached hydrogens (tertiary/aromatic N) is 4. The molecule has 0 radical (unpaired) electrons. The molecule has 0 atom stereocenters. The standard InChI is InChI=1S/C30H33N5O4S/c1-30(2,3)21-14-12-20(13-15-21)28-33-34-29(35(28)22-10-8-7-9-11-22)40-19-27(36)32-31-18-24-25(38-5)16-23(37-4)17-26(24)39-6/h7-18H,19H2,1-6H3,(H,32,36)/b31-18-. The summed E-state index contributed by atoms with van der Waals surface area (Å²) in [5.41, 5.74) is 6.26. The molecule has 1 heterocycles. The number of carbonyl (C=O) groups excluding carboxylic acids is 1. The fourth-order valence-corrected chi connectivity index (χ4v) is 4.71. The van der Waals surface area contributed by atoms with Gasteiger partial charge in [-0.3, -0.25) is 9.36 Å². The van der Waals surface area contributed by atoms with Crippen molar-refractivity contribution in [1.29, 1.82) is 0 Å². The topological polar surface area (TPSA) is 99.9 Å². The number of amides is 1. The summed E-state index contributed by atoms with van der Waals surface area (Å²) in [5.74, 6) is 2.07. The Hall–Kier alpha value is -4.31. The van der Waals surface area contributed by atoms with Crippen molar-refractivity contribution in [2.24, 2.45) is 5.10 Å². The summed E-state index contributed by atoms with van der Waals surface area (Å²) in [4.78, 5) is 12.7. The van der Waals surface area contributed by atoms with Crippen molar-refractivity contribution in [2.45, 2.75) is 31.3 Å². The van der Waals surface area contributed by atoms with E-state index in [1.807, 2.05) is 34.9 Å². The van der Waals surface area contributed by atoms with Crippen LogP contribution in [0.4, 0.5) is 0 Å². The number of carbonyl (C=O) groups is 1. The normalized spacial score (nSPS) is 11.4. The zero-order chi connectivity index (χ0) is 28.7. The van der Waals surface area contributed by atoms with Crippen LogP contribution in [0.25, 0.3) is 17.1 Å². The Labute approximate surface area is 238 Å². The number of hydrogen-bond acceptors (Lipinski definition) is 8. The summed E-state index contributed by atoms with van der Waals surface area (Å²) in [5, 5.41) is 13.6. The molecule has 0 spiro atoms. The van der Waals surface area contributed by atoms with Crippen molar-refractivity contribution >= 4 is 23.9 Å². The van der Waals surface area contributed by atoms with E-state index in [4.69, 9.17) is 14.2 Å². The molecule has 0 saturated carbocycles. The second-order valence-electron chi connectivity index (χ2n) is 9.83. The molecule has 0 aliphatic carbocycles. The lowest BCUT2D eigenvalue weighted by atomic mass is 9.87. The lowest BCUT2D eigenvalue weighted by Crippen LogP contribution is -2.20. The number of hydrogen-bond donors (Lipinski definition) is 1. The van der Waals surface area contributed by atoms with Crippen molar-refractivity contribution in [1.82, 2.24) is 20.2 Å². The first kappa shape index (κ1) is 28.7. The molecule has 0 fully saturated rings. The Kier molecular flexibility index (Phi) is 9.11. The second-order valence-corrected chi connectivity index (χ2v) is 10.8. The van der Waals surface area contributed by atoms with Crippen LogP contribution < -0.4 is 19.6 Å². The molecule has 0 aliphatic rings. The monoisotopic (exact) mass is 559 g/mol. The third-order valence-electron chi connectivity index (χ3n) is 6.13. The van der Waals surface area contributed by atoms with Gasteiger partial charge in [0.1, 0.15) is 17.2 Å². The highest BCUT2D eigenvalue weighted by Gasteiger charge is 2.19. The van der Waals surface area contributed by atoms with Gasteiger partial charge in [0.05, 0.1) is 38.9 Å². The molecule has 0 saturated heterocycles. The lowest BCUT2D eigenvalue weighted by Gasteiger charge is -2.19. The number of ether oxygens (including phenoxy) is 3. The van der Waals surface area contributed by atoms with Gasteiger partial charge in [-0.25, -0.2) is 5.43 Å². The molecule has 208 valence electrons. The maximum atomic E-state index is 12.7. The number of methoxy groups -OCH3 is 3. The first-order valence-electron chi connectivity index (χ1n) is 12.6. The lowest BCUT2D eigenvalue weighted by molar-refractivity contribution is -0.118. The summed E-state index contributed by atoms with van der Waals surface area (Å²) in [6.07, 6.45) is 1.48. The molecule has 3 aromatic carbocycles. The van der Waals surface area contributed by atoms with E-state index in [0.29, 0.717) is 33.8 Å². The number of rotatable bonds is 10. The van der Waals surface area contributed by atoms with E-state index < -0.39 is 0 Å². The maximum Gasteiger partial charge on any atom is 0.250 e. The number of benzene rings is 3. The number of aromatic nitrogens is 3. The van der Waals surface area contributed by atoms with Gasteiger partial charge in [0, 0.05) is 23.4 Å². The highest BCUT2D eigenvalue weighted by atomic mass is 32.2. The van der Waals surface area contributed by atoms with Crippen molar-refractivity contribution in [3.05, 3.63) is 77.9 Å². The van der Waals surface area contributed by atoms with Gasteiger partial charge >= 0.3 is 0 Å². The van der Waals surface area contributed by atoms with Crippen molar-refractivity contribution in [3.63, 3.8) is 0 Å². The van der Waals surface area contributed by atoms with Crippen LogP contribution in [0.2, 0.25) is 0 Å². The average Bonchev–Trinajstić information content (AvgIpc) is 3.40. The van der Waals surface area contributed by atoms with Gasteiger partial charge < -0.3 is 14.2 Å². The van der Waals surface area contributed by atoms with Crippen molar-refractivity contribution in [2.75, 3.05) is 27.1 Å². The quantitative estimate of drug-likeness (QED) is 0.156. The smallest absolute Gasteiger partial charge is 0.250 e. The SMILES string of the molecule is COc1cc(OC)c(/C=N\NC(=O)CSc2nnc(-c3ccc(C(C)(C)C)cc3)n2-c2ccccc2)c(OC)c1. The Morgan fingerprint density at radius 1 is 0.950 bits per heavy atom. The van der Waals surface area contributed by atoms with E-state index in [1.165, 1.54) is 37.8 Å². The van der Waals surface area contributed by atoms with Crippen LogP contribution in [0.3, 0.4) is 0 Å². The molecule has 10 heteroatoms. The van der Waals surface area contributed by atoms with Gasteiger partial charge in [-0.05, 0) is 23.1 Å². The minimum Gasteiger partial charge on any atom is -0.496 e. The van der Waals surface area contributed by atoms with Crippen LogP contribution in [0.15, 0.2) is 77.0 Å². The number of para-hydroxylation sites is 1. The van der Waals surface area contributed by atoms with Gasteiger partial charge in [0.2, 0.25) is 0 Å². The first-order chi connectivity index (χ1) is 19.2. The van der Waals surface area contributed by atoms with Crippen LogP contribution in [0.5, 0.6) is 17.2 Å². The molecule has 0 unspecified atom stereocenters. The van der Waals surface area contributed by atoms with Crippen LogP contribution >= 0.6 is 11.8 Å². The molecule has 4 rings (SSSR count). The number of thioether (sulfide) groups is 1. The minimum absolute atomic E-state index is 0.0477. The van der Waals surface area contributed by atoms with Gasteiger partial charge in [-0.15, -0.1) is 10.2 Å². The van der Waals surface area contributed by atoms with E-state index in [1.54, 1.807) is 19.2 Å². The summed E-state index contributed by atoms with van der Waals surface area (Å²) in [7, 11) is 4.64. The van der Waals surface area contributed by atoms with Crippen LogP contribution in [0, 0.1) is 0 Å². The fraction of sp³-hybridized carbons (Fsp3) is 0.267. The largest absolute Gasteiger partial charge is 0.496 e. The first-order valence-corrected chi connectivity index (χ1v) is 13.6. The molecule has 1 amide bonds. The predicted octanol–water partition coefficient (Wildman–Crippen LogP) is 5.50.